The van der Waals surface area contributed by atoms with Crippen molar-refractivity contribution in [2.75, 3.05) is 26.3 Å². The lowest BCUT2D eigenvalue weighted by atomic mass is 10.1. The van der Waals surface area contributed by atoms with E-state index < -0.39 is 10.0 Å². The summed E-state index contributed by atoms with van der Waals surface area (Å²) in [6.45, 7) is 1.58. The van der Waals surface area contributed by atoms with Crippen LogP contribution in [0.4, 0.5) is 10.1 Å². The van der Waals surface area contributed by atoms with Gasteiger partial charge in [0.25, 0.3) is 0 Å². The second kappa shape index (κ2) is 10.7. The standard InChI is InChI=1S/C26H30FN3O3S2/c27-21-9-7-20(8-10-21)25-19-34-26(30(25)23-5-3-1-2-4-6-23)28-22-11-13-24(14-12-22)35(31,32)29-15-17-33-18-16-29/h7-14,19,23H,1-6,15-18H2. The minimum atomic E-state index is -3.54. The van der Waals surface area contributed by atoms with Gasteiger partial charge in [0, 0.05) is 24.5 Å². The highest BCUT2D eigenvalue weighted by atomic mass is 32.2. The third kappa shape index (κ3) is 5.43. The van der Waals surface area contributed by atoms with E-state index in [0.717, 1.165) is 28.9 Å². The normalized spacial score (nSPS) is 19.1. The Bertz CT molecular complexity index is 1300. The number of aromatic nitrogens is 1. The summed E-state index contributed by atoms with van der Waals surface area (Å²) in [5.41, 5.74) is 2.73. The Hall–Kier alpha value is -2.33. The second-order valence-electron chi connectivity index (χ2n) is 9.05. The number of hydrogen-bond donors (Lipinski definition) is 0. The minimum Gasteiger partial charge on any atom is -0.379 e. The van der Waals surface area contributed by atoms with Crippen LogP contribution < -0.4 is 4.80 Å². The molecule has 1 aliphatic heterocycles. The Kier molecular flexibility index (Phi) is 7.48. The maximum Gasteiger partial charge on any atom is 0.243 e. The first-order valence-corrected chi connectivity index (χ1v) is 14.5. The molecule has 0 amide bonds. The highest BCUT2D eigenvalue weighted by Gasteiger charge is 2.26. The van der Waals surface area contributed by atoms with Gasteiger partial charge in [-0.25, -0.2) is 17.8 Å². The largest absolute Gasteiger partial charge is 0.379 e. The molecule has 2 fully saturated rings. The lowest BCUT2D eigenvalue weighted by molar-refractivity contribution is 0.0730. The van der Waals surface area contributed by atoms with E-state index in [1.54, 1.807) is 35.6 Å². The topological polar surface area (TPSA) is 63.9 Å². The van der Waals surface area contributed by atoms with Gasteiger partial charge < -0.3 is 9.30 Å². The zero-order valence-corrected chi connectivity index (χ0v) is 21.2. The Morgan fingerprint density at radius 1 is 0.914 bits per heavy atom. The molecule has 2 aromatic carbocycles. The molecule has 0 atom stereocenters. The molecule has 0 N–H and O–H groups in total. The Labute approximate surface area is 209 Å². The summed E-state index contributed by atoms with van der Waals surface area (Å²) >= 11 is 1.57. The fourth-order valence-electron chi connectivity index (χ4n) is 4.84. The van der Waals surface area contributed by atoms with Gasteiger partial charge in [-0.05, 0) is 66.9 Å². The zero-order valence-electron chi connectivity index (χ0n) is 19.6. The van der Waals surface area contributed by atoms with Crippen molar-refractivity contribution >= 4 is 27.0 Å². The van der Waals surface area contributed by atoms with Gasteiger partial charge in [0.15, 0.2) is 4.80 Å². The monoisotopic (exact) mass is 515 g/mol. The Morgan fingerprint density at radius 3 is 2.23 bits per heavy atom. The van der Waals surface area contributed by atoms with Gasteiger partial charge in [-0.1, -0.05) is 25.7 Å². The lowest BCUT2D eigenvalue weighted by Gasteiger charge is -2.26. The van der Waals surface area contributed by atoms with Crippen LogP contribution in [0.3, 0.4) is 0 Å². The maximum absolute atomic E-state index is 13.6. The van der Waals surface area contributed by atoms with Crippen LogP contribution in [0, 0.1) is 5.82 Å². The summed E-state index contributed by atoms with van der Waals surface area (Å²) in [6, 6.07) is 13.8. The molecule has 0 bridgehead atoms. The van der Waals surface area contributed by atoms with E-state index in [2.05, 4.69) is 9.95 Å². The SMILES string of the molecule is O=S(=O)(c1ccc(N=c2scc(-c3ccc(F)cc3)n2C2CCCCCC2)cc1)N1CCOCC1. The maximum atomic E-state index is 13.6. The molecule has 0 radical (unpaired) electrons. The van der Waals surface area contributed by atoms with Gasteiger partial charge in [0.05, 0.1) is 29.5 Å². The third-order valence-corrected chi connectivity index (χ3v) is 9.49. The molecule has 1 saturated carbocycles. The van der Waals surface area contributed by atoms with Crippen LogP contribution in [0.1, 0.15) is 44.6 Å². The summed E-state index contributed by atoms with van der Waals surface area (Å²) in [4.78, 5) is 6.07. The molecule has 3 aromatic rings. The summed E-state index contributed by atoms with van der Waals surface area (Å²) < 4.78 is 48.5. The van der Waals surface area contributed by atoms with Gasteiger partial charge in [-0.3, -0.25) is 0 Å². The van der Waals surface area contributed by atoms with Crippen LogP contribution in [0.25, 0.3) is 11.3 Å². The van der Waals surface area contributed by atoms with E-state index in [9.17, 15) is 12.8 Å². The number of sulfonamides is 1. The van der Waals surface area contributed by atoms with Crippen LogP contribution in [0.15, 0.2) is 63.8 Å². The van der Waals surface area contributed by atoms with E-state index >= 15 is 0 Å². The molecule has 1 saturated heterocycles. The first-order valence-electron chi connectivity index (χ1n) is 12.2. The number of thiazole rings is 1. The molecule has 5 rings (SSSR count). The molecular formula is C26H30FN3O3S2. The van der Waals surface area contributed by atoms with E-state index in [0.29, 0.717) is 38.0 Å². The molecule has 186 valence electrons. The molecule has 1 aromatic heterocycles. The summed E-state index contributed by atoms with van der Waals surface area (Å²) in [6.07, 6.45) is 7.05. The average molecular weight is 516 g/mol. The molecule has 2 heterocycles. The number of ether oxygens (including phenoxy) is 1. The minimum absolute atomic E-state index is 0.248. The predicted octanol–water partition coefficient (Wildman–Crippen LogP) is 5.50. The van der Waals surface area contributed by atoms with Gasteiger partial charge in [-0.15, -0.1) is 11.3 Å². The quantitative estimate of drug-likeness (QED) is 0.421. The van der Waals surface area contributed by atoms with Crippen LogP contribution in [-0.4, -0.2) is 43.6 Å². The van der Waals surface area contributed by atoms with Crippen molar-refractivity contribution in [3.05, 3.63) is 64.5 Å². The van der Waals surface area contributed by atoms with E-state index in [1.165, 1.54) is 42.1 Å². The lowest BCUT2D eigenvalue weighted by Crippen LogP contribution is -2.40. The first-order chi connectivity index (χ1) is 17.0. The van der Waals surface area contributed by atoms with Crippen LogP contribution >= 0.6 is 11.3 Å². The van der Waals surface area contributed by atoms with Gasteiger partial charge in [0.1, 0.15) is 5.82 Å². The Balaban J connectivity index is 1.50. The summed E-state index contributed by atoms with van der Waals surface area (Å²) in [5, 5.41) is 2.09. The van der Waals surface area contributed by atoms with Crippen molar-refractivity contribution in [3.63, 3.8) is 0 Å². The smallest absolute Gasteiger partial charge is 0.243 e. The highest BCUT2D eigenvalue weighted by molar-refractivity contribution is 7.89. The van der Waals surface area contributed by atoms with Crippen molar-refractivity contribution in [1.82, 2.24) is 8.87 Å². The number of nitrogens with zero attached hydrogens (tertiary/aromatic N) is 3. The number of benzene rings is 2. The first kappa shape index (κ1) is 24.4. The molecule has 0 unspecified atom stereocenters. The van der Waals surface area contributed by atoms with Crippen molar-refractivity contribution in [1.29, 1.82) is 0 Å². The fraction of sp³-hybridized carbons (Fsp3) is 0.423. The van der Waals surface area contributed by atoms with Crippen LogP contribution in [0.5, 0.6) is 0 Å². The molecule has 6 nitrogen and oxygen atoms in total. The average Bonchev–Trinajstić information content (AvgIpc) is 3.10. The molecule has 0 spiro atoms. The van der Waals surface area contributed by atoms with Crippen molar-refractivity contribution in [2.45, 2.75) is 49.5 Å². The molecule has 2 aliphatic rings. The van der Waals surface area contributed by atoms with Crippen LogP contribution in [0.2, 0.25) is 0 Å². The van der Waals surface area contributed by atoms with Crippen molar-refractivity contribution in [3.8, 4) is 11.3 Å². The van der Waals surface area contributed by atoms with Gasteiger partial charge >= 0.3 is 0 Å². The van der Waals surface area contributed by atoms with E-state index in [-0.39, 0.29) is 10.7 Å². The van der Waals surface area contributed by atoms with E-state index in [4.69, 9.17) is 9.73 Å². The van der Waals surface area contributed by atoms with Crippen molar-refractivity contribution in [2.24, 2.45) is 4.99 Å². The number of morpholine rings is 1. The van der Waals surface area contributed by atoms with E-state index in [1.807, 2.05) is 12.1 Å². The summed E-state index contributed by atoms with van der Waals surface area (Å²) in [5.74, 6) is -0.248. The summed E-state index contributed by atoms with van der Waals surface area (Å²) in [7, 11) is -3.54. The molecule has 35 heavy (non-hydrogen) atoms. The number of hydrogen-bond acceptors (Lipinski definition) is 5. The van der Waals surface area contributed by atoms with Gasteiger partial charge in [-0.2, -0.15) is 4.31 Å². The van der Waals surface area contributed by atoms with Gasteiger partial charge in [0.2, 0.25) is 10.0 Å². The zero-order chi connectivity index (χ0) is 24.3. The molecule has 9 heteroatoms. The van der Waals surface area contributed by atoms with Crippen LogP contribution in [-0.2, 0) is 14.8 Å². The third-order valence-electron chi connectivity index (χ3n) is 6.74. The highest BCUT2D eigenvalue weighted by Crippen LogP contribution is 2.32. The molecule has 1 aliphatic carbocycles. The second-order valence-corrected chi connectivity index (χ2v) is 11.8. The van der Waals surface area contributed by atoms with Crippen molar-refractivity contribution < 1.29 is 17.5 Å². The number of halogens is 1. The predicted molar refractivity (Wildman–Crippen MR) is 136 cm³/mol. The fourth-order valence-corrected chi connectivity index (χ4v) is 7.23. The number of rotatable bonds is 5. The molecular weight excluding hydrogens is 485 g/mol. The Morgan fingerprint density at radius 2 is 1.57 bits per heavy atom.